The number of amides is 1. The van der Waals surface area contributed by atoms with E-state index in [1.165, 1.54) is 6.07 Å². The van der Waals surface area contributed by atoms with Crippen molar-refractivity contribution in [2.75, 3.05) is 0 Å². The van der Waals surface area contributed by atoms with Gasteiger partial charge in [-0.25, -0.2) is 4.39 Å². The average molecular weight is 411 g/mol. The van der Waals surface area contributed by atoms with E-state index >= 15 is 0 Å². The second kappa shape index (κ2) is 6.66. The number of aromatic nitrogens is 5. The van der Waals surface area contributed by atoms with Crippen LogP contribution in [-0.2, 0) is 20.0 Å². The number of hydrogen-bond donors (Lipinski definition) is 1. The lowest BCUT2D eigenvalue weighted by Gasteiger charge is -2.26. The van der Waals surface area contributed by atoms with Crippen LogP contribution in [0.3, 0.4) is 0 Å². The van der Waals surface area contributed by atoms with Crippen molar-refractivity contribution in [2.45, 2.75) is 19.0 Å². The molecule has 1 amide bonds. The number of hydrogen-bond acceptors (Lipinski definition) is 4. The monoisotopic (exact) mass is 410 g/mol. The molecule has 0 fully saturated rings. The van der Waals surface area contributed by atoms with Crippen molar-refractivity contribution in [3.05, 3.63) is 75.8 Å². The SMILES string of the molecule is Cn1ncc(Cl)c1CC1c2c(F)cccc2C(=O)N1Cc1ccc2[nH]nnc2c1. The fraction of sp³-hybridized carbons (Fsp3) is 0.200. The number of H-pyrrole nitrogens is 1. The highest BCUT2D eigenvalue weighted by Crippen LogP contribution is 2.39. The van der Waals surface area contributed by atoms with E-state index in [2.05, 4.69) is 20.5 Å². The number of nitrogens with zero attached hydrogens (tertiary/aromatic N) is 5. The Morgan fingerprint density at radius 3 is 2.93 bits per heavy atom. The first kappa shape index (κ1) is 17.8. The summed E-state index contributed by atoms with van der Waals surface area (Å²) in [6, 6.07) is 9.77. The average Bonchev–Trinajstić information content (AvgIpc) is 3.37. The van der Waals surface area contributed by atoms with Crippen LogP contribution in [0.4, 0.5) is 4.39 Å². The van der Waals surface area contributed by atoms with E-state index in [0.717, 1.165) is 16.8 Å². The third kappa shape index (κ3) is 2.87. The van der Waals surface area contributed by atoms with Gasteiger partial charge in [0.2, 0.25) is 0 Å². The molecule has 0 aliphatic carbocycles. The van der Waals surface area contributed by atoms with Crippen molar-refractivity contribution in [3.8, 4) is 0 Å². The minimum absolute atomic E-state index is 0.206. The molecule has 0 radical (unpaired) electrons. The molecule has 0 saturated heterocycles. The van der Waals surface area contributed by atoms with Crippen molar-refractivity contribution in [3.63, 3.8) is 0 Å². The predicted octanol–water partition coefficient (Wildman–Crippen LogP) is 3.42. The molecule has 4 aromatic rings. The maximum absolute atomic E-state index is 14.8. The summed E-state index contributed by atoms with van der Waals surface area (Å²) in [4.78, 5) is 14.8. The molecule has 3 heterocycles. The summed E-state index contributed by atoms with van der Waals surface area (Å²) in [5.41, 5.74) is 3.94. The van der Waals surface area contributed by atoms with Crippen LogP contribution in [0.15, 0.2) is 42.6 Å². The molecule has 0 saturated carbocycles. The smallest absolute Gasteiger partial charge is 0.255 e. The molecule has 0 spiro atoms. The molecule has 2 aromatic heterocycles. The summed E-state index contributed by atoms with van der Waals surface area (Å²) in [6.07, 6.45) is 1.92. The minimum atomic E-state index is -0.486. The van der Waals surface area contributed by atoms with E-state index in [1.54, 1.807) is 35.0 Å². The Labute approximate surface area is 170 Å². The number of nitrogens with one attached hydrogen (secondary N) is 1. The van der Waals surface area contributed by atoms with Gasteiger partial charge < -0.3 is 4.90 Å². The largest absolute Gasteiger partial charge is 0.327 e. The number of carbonyl (C=O) groups is 1. The van der Waals surface area contributed by atoms with E-state index in [1.807, 2.05) is 18.2 Å². The number of benzene rings is 2. The minimum Gasteiger partial charge on any atom is -0.327 e. The number of halogens is 2. The van der Waals surface area contributed by atoms with Gasteiger partial charge in [-0.3, -0.25) is 14.6 Å². The third-order valence-corrected chi connectivity index (χ3v) is 5.71. The fourth-order valence-electron chi connectivity index (χ4n) is 3.94. The highest BCUT2D eigenvalue weighted by molar-refractivity contribution is 6.31. The van der Waals surface area contributed by atoms with Gasteiger partial charge in [-0.2, -0.15) is 5.10 Å². The molecule has 9 heteroatoms. The van der Waals surface area contributed by atoms with Crippen LogP contribution < -0.4 is 0 Å². The van der Waals surface area contributed by atoms with Gasteiger partial charge in [-0.05, 0) is 29.8 Å². The Hall–Kier alpha value is -3.26. The molecule has 1 atom stereocenters. The first-order chi connectivity index (χ1) is 14.0. The maximum atomic E-state index is 14.8. The zero-order valence-electron chi connectivity index (χ0n) is 15.4. The number of carbonyl (C=O) groups excluding carboxylic acids is 1. The van der Waals surface area contributed by atoms with Gasteiger partial charge in [0.15, 0.2) is 0 Å². The lowest BCUT2D eigenvalue weighted by atomic mass is 9.99. The molecule has 2 aromatic carbocycles. The van der Waals surface area contributed by atoms with Crippen LogP contribution in [0.5, 0.6) is 0 Å². The van der Waals surface area contributed by atoms with Gasteiger partial charge in [0.25, 0.3) is 5.91 Å². The van der Waals surface area contributed by atoms with Gasteiger partial charge in [0.05, 0.1) is 28.5 Å². The first-order valence-electron chi connectivity index (χ1n) is 9.08. The van der Waals surface area contributed by atoms with Crippen LogP contribution in [-0.4, -0.2) is 36.0 Å². The molecule has 1 unspecified atom stereocenters. The molecule has 0 bridgehead atoms. The molecule has 7 nitrogen and oxygen atoms in total. The Morgan fingerprint density at radius 2 is 2.14 bits per heavy atom. The molecule has 1 aliphatic rings. The number of aromatic amines is 1. The quantitative estimate of drug-likeness (QED) is 0.559. The van der Waals surface area contributed by atoms with E-state index in [9.17, 15) is 9.18 Å². The van der Waals surface area contributed by atoms with Crippen molar-refractivity contribution in [1.29, 1.82) is 0 Å². The Morgan fingerprint density at radius 1 is 1.28 bits per heavy atom. The van der Waals surface area contributed by atoms with Gasteiger partial charge in [-0.1, -0.05) is 28.9 Å². The Balaban J connectivity index is 1.56. The lowest BCUT2D eigenvalue weighted by Crippen LogP contribution is -2.29. The number of aryl methyl sites for hydroxylation is 1. The molecule has 5 rings (SSSR count). The highest BCUT2D eigenvalue weighted by atomic mass is 35.5. The molecule has 1 N–H and O–H groups in total. The van der Waals surface area contributed by atoms with E-state index in [4.69, 9.17) is 11.6 Å². The van der Waals surface area contributed by atoms with Crippen LogP contribution in [0.1, 0.15) is 33.2 Å². The van der Waals surface area contributed by atoms with E-state index in [0.29, 0.717) is 34.6 Å². The third-order valence-electron chi connectivity index (χ3n) is 5.39. The second-order valence-electron chi connectivity index (χ2n) is 7.08. The summed E-state index contributed by atoms with van der Waals surface area (Å²) in [5, 5.41) is 15.3. The van der Waals surface area contributed by atoms with Gasteiger partial charge in [0, 0.05) is 31.1 Å². The van der Waals surface area contributed by atoms with Crippen LogP contribution in [0, 0.1) is 5.82 Å². The maximum Gasteiger partial charge on any atom is 0.255 e. The van der Waals surface area contributed by atoms with Crippen LogP contribution in [0.2, 0.25) is 5.02 Å². The summed E-state index contributed by atoms with van der Waals surface area (Å²) in [6.45, 7) is 0.315. The zero-order valence-corrected chi connectivity index (χ0v) is 16.2. The van der Waals surface area contributed by atoms with Crippen LogP contribution in [0.25, 0.3) is 11.0 Å². The molecular formula is C20H16ClFN6O. The predicted molar refractivity (Wildman–Crippen MR) is 105 cm³/mol. The molecule has 146 valence electrons. The lowest BCUT2D eigenvalue weighted by molar-refractivity contribution is 0.0707. The second-order valence-corrected chi connectivity index (χ2v) is 7.49. The number of fused-ring (bicyclic) bond motifs is 2. The highest BCUT2D eigenvalue weighted by Gasteiger charge is 2.39. The Bertz CT molecular complexity index is 1230. The normalized spacial score (nSPS) is 16.0. The Kier molecular flexibility index (Phi) is 4.09. The summed E-state index contributed by atoms with van der Waals surface area (Å²) < 4.78 is 16.4. The standard InChI is InChI=1S/C20H16ClFN6O/c1-27-17(13(21)9-23-27)8-18-19-12(3-2-4-14(19)22)20(29)28(18)10-11-5-6-15-16(7-11)25-26-24-15/h2-7,9,18H,8,10H2,1H3,(H,24,25,26). The van der Waals surface area contributed by atoms with Crippen LogP contribution >= 0.6 is 11.6 Å². The van der Waals surface area contributed by atoms with E-state index < -0.39 is 11.9 Å². The fourth-order valence-corrected chi connectivity index (χ4v) is 4.18. The molecule has 1 aliphatic heterocycles. The van der Waals surface area contributed by atoms with E-state index in [-0.39, 0.29) is 5.91 Å². The van der Waals surface area contributed by atoms with Crippen molar-refractivity contribution >= 4 is 28.5 Å². The summed E-state index contributed by atoms with van der Waals surface area (Å²) >= 11 is 6.29. The zero-order chi connectivity index (χ0) is 20.1. The first-order valence-corrected chi connectivity index (χ1v) is 9.46. The van der Waals surface area contributed by atoms with Crippen molar-refractivity contribution in [2.24, 2.45) is 7.05 Å². The topological polar surface area (TPSA) is 79.7 Å². The van der Waals surface area contributed by atoms with Gasteiger partial charge >= 0.3 is 0 Å². The van der Waals surface area contributed by atoms with Crippen molar-refractivity contribution in [1.82, 2.24) is 30.1 Å². The van der Waals surface area contributed by atoms with Gasteiger partial charge in [0.1, 0.15) is 11.3 Å². The summed E-state index contributed by atoms with van der Waals surface area (Å²) in [7, 11) is 1.78. The van der Waals surface area contributed by atoms with Crippen molar-refractivity contribution < 1.29 is 9.18 Å². The molecule has 29 heavy (non-hydrogen) atoms. The summed E-state index contributed by atoms with van der Waals surface area (Å²) in [5.74, 6) is -0.600. The molecular weight excluding hydrogens is 395 g/mol. The van der Waals surface area contributed by atoms with Gasteiger partial charge in [-0.15, -0.1) is 5.10 Å². The number of rotatable bonds is 4.